The molecule has 0 radical (unpaired) electrons. The Morgan fingerprint density at radius 2 is 2.10 bits per heavy atom. The maximum absolute atomic E-state index is 6.10. The summed E-state index contributed by atoms with van der Waals surface area (Å²) in [7, 11) is 0. The molecule has 112 valence electrons. The first kappa shape index (κ1) is 15.4. The molecule has 1 aromatic heterocycles. The molecule has 1 aromatic rings. The third-order valence-corrected chi connectivity index (χ3v) is 7.85. The Balaban J connectivity index is 1.77. The average molecular weight is 423 g/mol. The Kier molecular flexibility index (Phi) is 5.21. The van der Waals surface area contributed by atoms with Crippen LogP contribution in [0.2, 0.25) is 0 Å². The minimum Gasteiger partial charge on any atom is -0.329 e. The van der Waals surface area contributed by atoms with Crippen molar-refractivity contribution in [3.63, 3.8) is 0 Å². The molecule has 2 saturated heterocycles. The molecule has 20 heavy (non-hydrogen) atoms. The second kappa shape index (κ2) is 6.75. The molecule has 0 aliphatic carbocycles. The first-order chi connectivity index (χ1) is 9.69. The summed E-state index contributed by atoms with van der Waals surface area (Å²) < 4.78 is 2.32. The van der Waals surface area contributed by atoms with Crippen LogP contribution in [0.3, 0.4) is 0 Å². The first-order valence-corrected chi connectivity index (χ1v) is 9.72. The van der Waals surface area contributed by atoms with E-state index in [2.05, 4.69) is 47.7 Å². The second-order valence-corrected chi connectivity index (χ2v) is 8.96. The number of fused-ring (bicyclic) bond motifs is 1. The van der Waals surface area contributed by atoms with Crippen molar-refractivity contribution < 1.29 is 0 Å². The molecule has 2 fully saturated rings. The van der Waals surface area contributed by atoms with E-state index in [1.165, 1.54) is 54.1 Å². The largest absolute Gasteiger partial charge is 0.329 e. The van der Waals surface area contributed by atoms with Gasteiger partial charge in [0, 0.05) is 35.0 Å². The zero-order valence-corrected chi connectivity index (χ0v) is 15.5. The van der Waals surface area contributed by atoms with Crippen molar-refractivity contribution in [3.05, 3.63) is 19.2 Å². The maximum Gasteiger partial charge on any atom is 0.0843 e. The van der Waals surface area contributed by atoms with Crippen LogP contribution in [0.15, 0.2) is 14.3 Å². The predicted octanol–water partition coefficient (Wildman–Crippen LogP) is 3.44. The fourth-order valence-corrected chi connectivity index (χ4v) is 5.73. The molecule has 2 unspecified atom stereocenters. The predicted molar refractivity (Wildman–Crippen MR) is 92.3 cm³/mol. The Morgan fingerprint density at radius 1 is 1.30 bits per heavy atom. The van der Waals surface area contributed by atoms with Gasteiger partial charge in [-0.1, -0.05) is 0 Å². The molecule has 0 aromatic carbocycles. The van der Waals surface area contributed by atoms with Crippen LogP contribution in [0.25, 0.3) is 0 Å². The lowest BCUT2D eigenvalue weighted by atomic mass is 10.1. The van der Waals surface area contributed by atoms with E-state index in [1.807, 2.05) is 11.3 Å². The maximum atomic E-state index is 6.10. The molecule has 3 heterocycles. The molecule has 2 aliphatic rings. The third-order valence-electron chi connectivity index (χ3n) is 4.49. The summed E-state index contributed by atoms with van der Waals surface area (Å²) in [5.41, 5.74) is 6.10. The van der Waals surface area contributed by atoms with Gasteiger partial charge in [0.2, 0.25) is 0 Å². The zero-order chi connectivity index (χ0) is 14.1. The van der Waals surface area contributed by atoms with E-state index in [-0.39, 0.29) is 0 Å². The summed E-state index contributed by atoms with van der Waals surface area (Å²) in [6.07, 6.45) is 3.98. The molecule has 2 atom stereocenters. The van der Waals surface area contributed by atoms with Gasteiger partial charge < -0.3 is 5.73 Å². The van der Waals surface area contributed by atoms with E-state index >= 15 is 0 Å². The summed E-state index contributed by atoms with van der Waals surface area (Å²) in [5, 5.41) is 0. The molecule has 2 aliphatic heterocycles. The SMILES string of the molecule is NCC(c1cc(Br)c(Br)s1)N1CCCN2CCCC2C1. The fourth-order valence-electron chi connectivity index (χ4n) is 3.49. The van der Waals surface area contributed by atoms with Crippen LogP contribution in [0.1, 0.15) is 30.2 Å². The van der Waals surface area contributed by atoms with Crippen LogP contribution in [-0.4, -0.2) is 48.6 Å². The second-order valence-electron chi connectivity index (χ2n) is 5.70. The fraction of sp³-hybridized carbons (Fsp3) is 0.714. The number of nitrogens with zero attached hydrogens (tertiary/aromatic N) is 2. The Morgan fingerprint density at radius 3 is 2.80 bits per heavy atom. The standard InChI is InChI=1S/C14H21Br2N3S/c15-11-7-13(20-14(11)16)12(8-17)19-6-2-5-18-4-1-3-10(18)9-19/h7,10,12H,1-6,8-9,17H2. The highest BCUT2D eigenvalue weighted by Crippen LogP contribution is 2.38. The zero-order valence-electron chi connectivity index (χ0n) is 11.5. The van der Waals surface area contributed by atoms with E-state index in [1.54, 1.807) is 0 Å². The van der Waals surface area contributed by atoms with Gasteiger partial charge in [-0.2, -0.15) is 0 Å². The van der Waals surface area contributed by atoms with Crippen molar-refractivity contribution in [2.24, 2.45) is 5.73 Å². The number of hydrogen-bond acceptors (Lipinski definition) is 4. The highest BCUT2D eigenvalue weighted by Gasteiger charge is 2.32. The normalized spacial score (nSPS) is 26.4. The van der Waals surface area contributed by atoms with Gasteiger partial charge in [-0.25, -0.2) is 0 Å². The van der Waals surface area contributed by atoms with E-state index < -0.39 is 0 Å². The molecule has 6 heteroatoms. The summed E-state index contributed by atoms with van der Waals surface area (Å²) in [5.74, 6) is 0. The van der Waals surface area contributed by atoms with Crippen molar-refractivity contribution >= 4 is 43.2 Å². The number of hydrogen-bond donors (Lipinski definition) is 1. The number of thiophene rings is 1. The average Bonchev–Trinajstić information content (AvgIpc) is 2.93. The highest BCUT2D eigenvalue weighted by atomic mass is 79.9. The topological polar surface area (TPSA) is 32.5 Å². The van der Waals surface area contributed by atoms with Crippen molar-refractivity contribution in [1.29, 1.82) is 0 Å². The van der Waals surface area contributed by atoms with Gasteiger partial charge in [0.1, 0.15) is 0 Å². The summed E-state index contributed by atoms with van der Waals surface area (Å²) in [6, 6.07) is 3.34. The Labute approximate surface area is 141 Å². The lowest BCUT2D eigenvalue weighted by Crippen LogP contribution is -2.40. The van der Waals surface area contributed by atoms with E-state index in [9.17, 15) is 0 Å². The van der Waals surface area contributed by atoms with Gasteiger partial charge >= 0.3 is 0 Å². The lowest BCUT2D eigenvalue weighted by Gasteiger charge is -2.31. The first-order valence-electron chi connectivity index (χ1n) is 7.32. The van der Waals surface area contributed by atoms with Gasteiger partial charge in [-0.15, -0.1) is 11.3 Å². The molecule has 3 rings (SSSR count). The van der Waals surface area contributed by atoms with Gasteiger partial charge in [0.25, 0.3) is 0 Å². The van der Waals surface area contributed by atoms with Crippen LogP contribution < -0.4 is 5.73 Å². The van der Waals surface area contributed by atoms with Crippen LogP contribution in [0.4, 0.5) is 0 Å². The highest BCUT2D eigenvalue weighted by molar-refractivity contribution is 9.13. The molecule has 0 saturated carbocycles. The molecule has 3 nitrogen and oxygen atoms in total. The van der Waals surface area contributed by atoms with E-state index in [0.29, 0.717) is 12.6 Å². The summed E-state index contributed by atoms with van der Waals surface area (Å²) >= 11 is 9.00. The molecule has 0 bridgehead atoms. The number of rotatable bonds is 3. The molecular formula is C14H21Br2N3S. The van der Waals surface area contributed by atoms with Crippen molar-refractivity contribution in [2.45, 2.75) is 31.3 Å². The molecule has 2 N–H and O–H groups in total. The van der Waals surface area contributed by atoms with Crippen molar-refractivity contribution in [2.75, 3.05) is 32.7 Å². The number of halogens is 2. The van der Waals surface area contributed by atoms with Gasteiger partial charge in [0.15, 0.2) is 0 Å². The summed E-state index contributed by atoms with van der Waals surface area (Å²) in [6.45, 7) is 5.60. The molecular weight excluding hydrogens is 402 g/mol. The Bertz CT molecular complexity index is 446. The minimum atomic E-state index is 0.364. The molecule has 0 spiro atoms. The summed E-state index contributed by atoms with van der Waals surface area (Å²) in [4.78, 5) is 6.66. The quantitative estimate of drug-likeness (QED) is 0.809. The van der Waals surface area contributed by atoms with Gasteiger partial charge in [-0.05, 0) is 70.3 Å². The van der Waals surface area contributed by atoms with Crippen molar-refractivity contribution in [3.8, 4) is 0 Å². The van der Waals surface area contributed by atoms with Crippen LogP contribution in [0.5, 0.6) is 0 Å². The van der Waals surface area contributed by atoms with Crippen molar-refractivity contribution in [1.82, 2.24) is 9.80 Å². The minimum absolute atomic E-state index is 0.364. The molecule has 0 amide bonds. The van der Waals surface area contributed by atoms with Crippen LogP contribution >= 0.6 is 43.2 Å². The van der Waals surface area contributed by atoms with Crippen LogP contribution in [0, 0.1) is 0 Å². The Hall–Kier alpha value is 0.540. The van der Waals surface area contributed by atoms with E-state index in [4.69, 9.17) is 5.73 Å². The van der Waals surface area contributed by atoms with Crippen LogP contribution in [-0.2, 0) is 0 Å². The third kappa shape index (κ3) is 3.15. The van der Waals surface area contributed by atoms with E-state index in [0.717, 1.165) is 10.5 Å². The number of nitrogens with two attached hydrogens (primary N) is 1. The van der Waals surface area contributed by atoms with Gasteiger partial charge in [0.05, 0.1) is 9.83 Å². The van der Waals surface area contributed by atoms with Gasteiger partial charge in [-0.3, -0.25) is 9.80 Å². The monoisotopic (exact) mass is 421 g/mol. The lowest BCUT2D eigenvalue weighted by molar-refractivity contribution is 0.178. The smallest absolute Gasteiger partial charge is 0.0843 e.